The van der Waals surface area contributed by atoms with Crippen LogP contribution in [0.2, 0.25) is 0 Å². The van der Waals surface area contributed by atoms with Crippen LogP contribution in [-0.4, -0.2) is 24.3 Å². The number of nitrogen functional groups attached to an aromatic ring is 1. The van der Waals surface area contributed by atoms with E-state index in [4.69, 9.17) is 5.73 Å². The molecule has 0 saturated carbocycles. The molecule has 3 aromatic heterocycles. The fraction of sp³-hybridized carbons (Fsp3) is 0.154. The van der Waals surface area contributed by atoms with E-state index in [0.717, 1.165) is 23.5 Å². The summed E-state index contributed by atoms with van der Waals surface area (Å²) in [5.41, 5.74) is 9.39. The van der Waals surface area contributed by atoms with E-state index in [2.05, 4.69) is 15.1 Å². The Morgan fingerprint density at radius 2 is 2.11 bits per heavy atom. The number of pyridine rings is 1. The highest BCUT2D eigenvalue weighted by Crippen LogP contribution is 2.26. The van der Waals surface area contributed by atoms with Crippen LogP contribution in [0.1, 0.15) is 6.92 Å². The molecule has 0 spiro atoms. The predicted octanol–water partition coefficient (Wildman–Crippen LogP) is 1.73. The van der Waals surface area contributed by atoms with Crippen molar-refractivity contribution >= 4 is 5.69 Å². The van der Waals surface area contributed by atoms with Crippen molar-refractivity contribution in [1.82, 2.24) is 24.3 Å². The normalized spacial score (nSPS) is 10.8. The molecule has 0 aliphatic rings. The average Bonchev–Trinajstić information content (AvgIpc) is 3.07. The van der Waals surface area contributed by atoms with Gasteiger partial charge in [0.25, 0.3) is 0 Å². The zero-order valence-electron chi connectivity index (χ0n) is 10.6. The van der Waals surface area contributed by atoms with Crippen LogP contribution < -0.4 is 5.73 Å². The molecule has 6 nitrogen and oxygen atoms in total. The van der Waals surface area contributed by atoms with Gasteiger partial charge in [-0.05, 0) is 13.0 Å². The third-order valence-corrected chi connectivity index (χ3v) is 2.99. The van der Waals surface area contributed by atoms with Crippen LogP contribution in [0.25, 0.3) is 16.9 Å². The van der Waals surface area contributed by atoms with Gasteiger partial charge in [-0.25, -0.2) is 4.98 Å². The van der Waals surface area contributed by atoms with E-state index in [1.165, 1.54) is 0 Å². The number of nitrogens with two attached hydrogens (primary N) is 1. The summed E-state index contributed by atoms with van der Waals surface area (Å²) in [5.74, 6) is 0. The van der Waals surface area contributed by atoms with E-state index in [1.807, 2.05) is 22.4 Å². The number of aromatic nitrogens is 5. The van der Waals surface area contributed by atoms with E-state index in [0.29, 0.717) is 5.69 Å². The molecule has 0 unspecified atom stereocenters. The molecule has 6 heteroatoms. The highest BCUT2D eigenvalue weighted by molar-refractivity contribution is 5.73. The second kappa shape index (κ2) is 4.56. The summed E-state index contributed by atoms with van der Waals surface area (Å²) in [5, 5.41) is 4.27. The molecule has 3 rings (SSSR count). The zero-order chi connectivity index (χ0) is 13.2. The smallest absolute Gasteiger partial charge is 0.0998 e. The van der Waals surface area contributed by atoms with E-state index >= 15 is 0 Å². The first-order valence-corrected chi connectivity index (χ1v) is 6.04. The van der Waals surface area contributed by atoms with Gasteiger partial charge in [-0.3, -0.25) is 14.2 Å². The summed E-state index contributed by atoms with van der Waals surface area (Å²) in [6, 6.07) is 1.78. The molecule has 0 amide bonds. The first kappa shape index (κ1) is 11.5. The Morgan fingerprint density at radius 3 is 2.84 bits per heavy atom. The van der Waals surface area contributed by atoms with Gasteiger partial charge in [-0.15, -0.1) is 0 Å². The van der Waals surface area contributed by atoms with E-state index < -0.39 is 0 Å². The van der Waals surface area contributed by atoms with Crippen LogP contribution in [-0.2, 0) is 6.54 Å². The lowest BCUT2D eigenvalue weighted by Crippen LogP contribution is -1.98. The lowest BCUT2D eigenvalue weighted by molar-refractivity contribution is 0.659. The number of anilines is 1. The Kier molecular flexibility index (Phi) is 2.75. The first-order chi connectivity index (χ1) is 9.29. The van der Waals surface area contributed by atoms with Crippen LogP contribution in [0.5, 0.6) is 0 Å². The summed E-state index contributed by atoms with van der Waals surface area (Å²) in [6.45, 7) is 2.88. The van der Waals surface area contributed by atoms with Gasteiger partial charge in [0.15, 0.2) is 0 Å². The number of nitrogens with zero attached hydrogens (tertiary/aromatic N) is 5. The molecule has 0 aliphatic heterocycles. The van der Waals surface area contributed by atoms with Gasteiger partial charge in [0.05, 0.1) is 30.1 Å². The van der Waals surface area contributed by atoms with Crippen molar-refractivity contribution in [2.45, 2.75) is 13.5 Å². The second-order valence-electron chi connectivity index (χ2n) is 4.17. The molecule has 3 heterocycles. The number of hydrogen-bond donors (Lipinski definition) is 1. The Balaban J connectivity index is 2.10. The van der Waals surface area contributed by atoms with Gasteiger partial charge in [-0.2, -0.15) is 5.10 Å². The van der Waals surface area contributed by atoms with Gasteiger partial charge in [-0.1, -0.05) is 0 Å². The van der Waals surface area contributed by atoms with Crippen molar-refractivity contribution in [3.8, 4) is 16.9 Å². The summed E-state index contributed by atoms with van der Waals surface area (Å²) in [4.78, 5) is 8.31. The number of hydrogen-bond acceptors (Lipinski definition) is 4. The van der Waals surface area contributed by atoms with E-state index in [-0.39, 0.29) is 0 Å². The van der Waals surface area contributed by atoms with Crippen molar-refractivity contribution in [1.29, 1.82) is 0 Å². The molecule has 0 saturated heterocycles. The summed E-state index contributed by atoms with van der Waals surface area (Å²) in [7, 11) is 0. The highest BCUT2D eigenvalue weighted by Gasteiger charge is 2.11. The van der Waals surface area contributed by atoms with Crippen molar-refractivity contribution in [2.24, 2.45) is 0 Å². The molecular formula is C13H14N6. The molecule has 0 fully saturated rings. The Hall–Kier alpha value is -2.63. The molecule has 0 aromatic carbocycles. The molecule has 96 valence electrons. The second-order valence-corrected chi connectivity index (χ2v) is 4.17. The molecule has 3 aromatic rings. The Labute approximate surface area is 110 Å². The minimum absolute atomic E-state index is 0.680. The average molecular weight is 254 g/mol. The molecular weight excluding hydrogens is 240 g/mol. The fourth-order valence-electron chi connectivity index (χ4n) is 1.97. The molecule has 19 heavy (non-hydrogen) atoms. The standard InChI is InChI=1S/C13H14N6/c1-2-18-8-10(5-17-18)19-9-16-7-13(19)11-6-15-4-3-12(11)14/h3-9H,2H2,1H3,(H2,14,15). The maximum atomic E-state index is 5.99. The lowest BCUT2D eigenvalue weighted by Gasteiger charge is -2.07. The topological polar surface area (TPSA) is 74.5 Å². The quantitative estimate of drug-likeness (QED) is 0.772. The highest BCUT2D eigenvalue weighted by atomic mass is 15.3. The van der Waals surface area contributed by atoms with Gasteiger partial charge in [0.2, 0.25) is 0 Å². The van der Waals surface area contributed by atoms with Crippen LogP contribution in [0.15, 0.2) is 43.4 Å². The molecule has 0 atom stereocenters. The third kappa shape index (κ3) is 1.97. The first-order valence-electron chi connectivity index (χ1n) is 6.04. The number of imidazole rings is 1. The molecule has 2 N–H and O–H groups in total. The SMILES string of the molecule is CCn1cc(-n2cncc2-c2cnccc2N)cn1. The van der Waals surface area contributed by atoms with E-state index in [9.17, 15) is 0 Å². The van der Waals surface area contributed by atoms with Crippen LogP contribution >= 0.6 is 0 Å². The van der Waals surface area contributed by atoms with Crippen molar-refractivity contribution in [2.75, 3.05) is 5.73 Å². The van der Waals surface area contributed by atoms with Gasteiger partial charge in [0, 0.05) is 36.4 Å². The Bertz CT molecular complexity index is 696. The minimum Gasteiger partial charge on any atom is -0.398 e. The van der Waals surface area contributed by atoms with E-state index in [1.54, 1.807) is 37.2 Å². The zero-order valence-corrected chi connectivity index (χ0v) is 10.6. The van der Waals surface area contributed by atoms with Gasteiger partial charge in [0.1, 0.15) is 0 Å². The summed E-state index contributed by atoms with van der Waals surface area (Å²) >= 11 is 0. The third-order valence-electron chi connectivity index (χ3n) is 2.99. The Morgan fingerprint density at radius 1 is 1.21 bits per heavy atom. The monoisotopic (exact) mass is 254 g/mol. The van der Waals surface area contributed by atoms with Crippen molar-refractivity contribution in [3.05, 3.63) is 43.4 Å². The maximum absolute atomic E-state index is 5.99. The minimum atomic E-state index is 0.680. The van der Waals surface area contributed by atoms with Crippen LogP contribution in [0.4, 0.5) is 5.69 Å². The molecule has 0 aliphatic carbocycles. The lowest BCUT2D eigenvalue weighted by atomic mass is 10.2. The summed E-state index contributed by atoms with van der Waals surface area (Å²) < 4.78 is 3.82. The van der Waals surface area contributed by atoms with Crippen molar-refractivity contribution < 1.29 is 0 Å². The molecule has 0 radical (unpaired) electrons. The molecule has 0 bridgehead atoms. The fourth-order valence-corrected chi connectivity index (χ4v) is 1.97. The number of aryl methyl sites for hydroxylation is 1. The van der Waals surface area contributed by atoms with Crippen LogP contribution in [0, 0.1) is 0 Å². The summed E-state index contributed by atoms with van der Waals surface area (Å²) in [6.07, 6.45) is 10.7. The predicted molar refractivity (Wildman–Crippen MR) is 72.7 cm³/mol. The van der Waals surface area contributed by atoms with Crippen molar-refractivity contribution in [3.63, 3.8) is 0 Å². The maximum Gasteiger partial charge on any atom is 0.0998 e. The van der Waals surface area contributed by atoms with Crippen LogP contribution in [0.3, 0.4) is 0 Å². The number of rotatable bonds is 3. The largest absolute Gasteiger partial charge is 0.398 e. The van der Waals surface area contributed by atoms with Gasteiger partial charge >= 0.3 is 0 Å². The van der Waals surface area contributed by atoms with Gasteiger partial charge < -0.3 is 5.73 Å².